The van der Waals surface area contributed by atoms with Gasteiger partial charge in [-0.25, -0.2) is 14.5 Å². The zero-order valence-electron chi connectivity index (χ0n) is 18.9. The number of carbonyl (C=O) groups is 1. The first-order valence-corrected chi connectivity index (χ1v) is 10.8. The van der Waals surface area contributed by atoms with E-state index >= 15 is 0 Å². The topological polar surface area (TPSA) is 104 Å². The van der Waals surface area contributed by atoms with Crippen LogP contribution in [-0.2, 0) is 10.9 Å². The predicted octanol–water partition coefficient (Wildman–Crippen LogP) is 5.33. The summed E-state index contributed by atoms with van der Waals surface area (Å²) < 4.78 is 50.8. The lowest BCUT2D eigenvalue weighted by atomic mass is 10.1. The van der Waals surface area contributed by atoms with Crippen molar-refractivity contribution >= 4 is 29.2 Å². The van der Waals surface area contributed by atoms with Crippen LogP contribution in [-0.4, -0.2) is 44.4 Å². The van der Waals surface area contributed by atoms with Gasteiger partial charge in [0.2, 0.25) is 5.95 Å². The lowest BCUT2D eigenvalue weighted by molar-refractivity contribution is -0.141. The molecule has 4 rings (SSSR count). The molecule has 0 aliphatic carbocycles. The molecule has 0 spiro atoms. The fourth-order valence-corrected chi connectivity index (χ4v) is 3.42. The number of pyridine rings is 1. The zero-order chi connectivity index (χ0) is 25.9. The van der Waals surface area contributed by atoms with Crippen molar-refractivity contribution in [3.8, 4) is 22.7 Å². The summed E-state index contributed by atoms with van der Waals surface area (Å²) in [5, 5.41) is 6.97. The monoisotopic (exact) mass is 518 g/mol. The van der Waals surface area contributed by atoms with E-state index in [0.717, 1.165) is 16.9 Å². The first-order valence-electron chi connectivity index (χ1n) is 10.4. The number of hydrogen-bond donors (Lipinski definition) is 1. The molecule has 186 valence electrons. The smallest absolute Gasteiger partial charge is 0.435 e. The number of esters is 1. The van der Waals surface area contributed by atoms with Gasteiger partial charge in [0, 0.05) is 52.7 Å². The molecule has 0 fully saturated rings. The molecule has 0 saturated heterocycles. The average molecular weight is 519 g/mol. The molecule has 1 N–H and O–H groups in total. The van der Waals surface area contributed by atoms with Crippen molar-refractivity contribution < 1.29 is 27.4 Å². The Labute approximate surface area is 207 Å². The van der Waals surface area contributed by atoms with Gasteiger partial charge in [-0.1, -0.05) is 11.6 Å². The summed E-state index contributed by atoms with van der Waals surface area (Å²) in [6.07, 6.45) is 0.604. The van der Waals surface area contributed by atoms with Gasteiger partial charge in [-0.05, 0) is 31.2 Å². The lowest BCUT2D eigenvalue weighted by Crippen LogP contribution is -2.10. The molecular weight excluding hydrogens is 501 g/mol. The standard InChI is InChI=1S/C23H18ClF3N6O3/c1-3-36-21(34)14-6-13(10-28-11-14)18-12-29-22(30-16-7-15(24)8-17(9-16)35-2)31-20(18)33-5-4-19(32-33)23(25,26)27/h4-12H,3H2,1-2H3,(H,29,30,31). The highest BCUT2D eigenvalue weighted by Gasteiger charge is 2.34. The fourth-order valence-electron chi connectivity index (χ4n) is 3.20. The number of ether oxygens (including phenoxy) is 2. The molecule has 0 aliphatic rings. The predicted molar refractivity (Wildman–Crippen MR) is 125 cm³/mol. The maximum absolute atomic E-state index is 13.2. The average Bonchev–Trinajstić information content (AvgIpc) is 3.35. The quantitative estimate of drug-likeness (QED) is 0.328. The highest BCUT2D eigenvalue weighted by molar-refractivity contribution is 6.31. The highest BCUT2D eigenvalue weighted by Crippen LogP contribution is 2.31. The molecule has 0 saturated carbocycles. The van der Waals surface area contributed by atoms with Crippen molar-refractivity contribution in [3.05, 3.63) is 71.4 Å². The second kappa shape index (κ2) is 10.2. The minimum Gasteiger partial charge on any atom is -0.497 e. The number of methoxy groups -OCH3 is 1. The van der Waals surface area contributed by atoms with Crippen LogP contribution in [0.3, 0.4) is 0 Å². The van der Waals surface area contributed by atoms with Gasteiger partial charge in [0.05, 0.1) is 19.3 Å². The van der Waals surface area contributed by atoms with Crippen LogP contribution in [0.5, 0.6) is 5.75 Å². The second-order valence-electron chi connectivity index (χ2n) is 7.26. The Kier molecular flexibility index (Phi) is 7.06. The van der Waals surface area contributed by atoms with E-state index in [2.05, 4.69) is 25.4 Å². The molecule has 1 aromatic carbocycles. The molecule has 0 atom stereocenters. The van der Waals surface area contributed by atoms with Crippen LogP contribution in [0.25, 0.3) is 16.9 Å². The third kappa shape index (κ3) is 5.54. The second-order valence-corrected chi connectivity index (χ2v) is 7.70. The van der Waals surface area contributed by atoms with Crippen molar-refractivity contribution in [2.24, 2.45) is 0 Å². The molecule has 0 unspecified atom stereocenters. The van der Waals surface area contributed by atoms with E-state index in [1.165, 1.54) is 31.8 Å². The maximum atomic E-state index is 13.2. The largest absolute Gasteiger partial charge is 0.497 e. The highest BCUT2D eigenvalue weighted by atomic mass is 35.5. The number of alkyl halides is 3. The molecule has 3 heterocycles. The first kappa shape index (κ1) is 24.9. The summed E-state index contributed by atoms with van der Waals surface area (Å²) in [4.78, 5) is 24.9. The van der Waals surface area contributed by atoms with Crippen LogP contribution < -0.4 is 10.1 Å². The van der Waals surface area contributed by atoms with E-state index in [-0.39, 0.29) is 29.5 Å². The number of rotatable bonds is 7. The van der Waals surface area contributed by atoms with E-state index in [9.17, 15) is 18.0 Å². The van der Waals surface area contributed by atoms with Crippen molar-refractivity contribution in [1.82, 2.24) is 24.7 Å². The molecule has 13 heteroatoms. The van der Waals surface area contributed by atoms with Gasteiger partial charge < -0.3 is 14.8 Å². The Morgan fingerprint density at radius 1 is 1.17 bits per heavy atom. The number of benzene rings is 1. The number of nitrogens with one attached hydrogen (secondary N) is 1. The zero-order valence-corrected chi connectivity index (χ0v) is 19.6. The fraction of sp³-hybridized carbons (Fsp3) is 0.174. The van der Waals surface area contributed by atoms with Crippen molar-refractivity contribution in [1.29, 1.82) is 0 Å². The van der Waals surface area contributed by atoms with Crippen molar-refractivity contribution in [2.45, 2.75) is 13.1 Å². The normalized spacial score (nSPS) is 11.3. The molecule has 36 heavy (non-hydrogen) atoms. The van der Waals surface area contributed by atoms with E-state index in [4.69, 9.17) is 21.1 Å². The van der Waals surface area contributed by atoms with Crippen LogP contribution in [0.2, 0.25) is 5.02 Å². The van der Waals surface area contributed by atoms with Crippen LogP contribution in [0.4, 0.5) is 24.8 Å². The number of aromatic nitrogens is 5. The third-order valence-corrected chi connectivity index (χ3v) is 5.01. The Morgan fingerprint density at radius 3 is 2.67 bits per heavy atom. The third-order valence-electron chi connectivity index (χ3n) is 4.79. The Hall–Kier alpha value is -4.19. The molecule has 0 aliphatic heterocycles. The van der Waals surface area contributed by atoms with Gasteiger partial charge in [-0.3, -0.25) is 4.98 Å². The van der Waals surface area contributed by atoms with Gasteiger partial charge in [-0.2, -0.15) is 23.3 Å². The Balaban J connectivity index is 1.81. The summed E-state index contributed by atoms with van der Waals surface area (Å²) in [6.45, 7) is 1.83. The molecule has 3 aromatic heterocycles. The summed E-state index contributed by atoms with van der Waals surface area (Å²) >= 11 is 6.11. The van der Waals surface area contributed by atoms with Gasteiger partial charge >= 0.3 is 12.1 Å². The summed E-state index contributed by atoms with van der Waals surface area (Å²) in [7, 11) is 1.48. The molecular formula is C23H18ClF3N6O3. The number of nitrogens with zero attached hydrogens (tertiary/aromatic N) is 5. The van der Waals surface area contributed by atoms with Gasteiger partial charge in [-0.15, -0.1) is 0 Å². The summed E-state index contributed by atoms with van der Waals surface area (Å²) in [5.41, 5.74) is 0.195. The first-order chi connectivity index (χ1) is 17.2. The number of carbonyl (C=O) groups excluding carboxylic acids is 1. The summed E-state index contributed by atoms with van der Waals surface area (Å²) in [6, 6.07) is 7.16. The molecule has 9 nitrogen and oxygen atoms in total. The Bertz CT molecular complexity index is 1410. The van der Waals surface area contributed by atoms with Gasteiger partial charge in [0.15, 0.2) is 11.5 Å². The van der Waals surface area contributed by atoms with Crippen molar-refractivity contribution in [3.63, 3.8) is 0 Å². The van der Waals surface area contributed by atoms with Crippen LogP contribution in [0.15, 0.2) is 55.1 Å². The van der Waals surface area contributed by atoms with Gasteiger partial charge in [0.25, 0.3) is 0 Å². The van der Waals surface area contributed by atoms with Crippen LogP contribution in [0.1, 0.15) is 23.0 Å². The minimum atomic E-state index is -4.65. The number of halogens is 4. The Morgan fingerprint density at radius 2 is 1.97 bits per heavy atom. The minimum absolute atomic E-state index is 0.0137. The van der Waals surface area contributed by atoms with Gasteiger partial charge in [0.1, 0.15) is 5.75 Å². The number of hydrogen-bond acceptors (Lipinski definition) is 8. The van der Waals surface area contributed by atoms with E-state index in [1.807, 2.05) is 0 Å². The molecule has 4 aromatic rings. The SMILES string of the molecule is CCOC(=O)c1cncc(-c2cnc(Nc3cc(Cl)cc(OC)c3)nc2-n2ccc(C(F)(F)F)n2)c1. The molecule has 0 bridgehead atoms. The van der Waals surface area contributed by atoms with Crippen molar-refractivity contribution in [2.75, 3.05) is 19.0 Å². The lowest BCUT2D eigenvalue weighted by Gasteiger charge is -2.13. The van der Waals surface area contributed by atoms with E-state index in [0.29, 0.717) is 22.0 Å². The van der Waals surface area contributed by atoms with Crippen LogP contribution in [0, 0.1) is 0 Å². The molecule has 0 amide bonds. The van der Waals surface area contributed by atoms with E-state index in [1.54, 1.807) is 25.1 Å². The molecule has 0 radical (unpaired) electrons. The maximum Gasteiger partial charge on any atom is 0.435 e. The summed E-state index contributed by atoms with van der Waals surface area (Å²) in [5.74, 6) is -0.0528. The van der Waals surface area contributed by atoms with Crippen LogP contribution >= 0.6 is 11.6 Å². The number of anilines is 2. The van der Waals surface area contributed by atoms with E-state index < -0.39 is 17.8 Å².